The number of esters is 1. The molecule has 0 amide bonds. The van der Waals surface area contributed by atoms with Crippen LogP contribution >= 0.6 is 11.8 Å². The van der Waals surface area contributed by atoms with Crippen LogP contribution in [0.2, 0.25) is 0 Å². The van der Waals surface area contributed by atoms with E-state index < -0.39 is 11.5 Å². The third kappa shape index (κ3) is 3.21. The minimum Gasteiger partial charge on any atom is -0.468 e. The van der Waals surface area contributed by atoms with Gasteiger partial charge in [-0.1, -0.05) is 12.1 Å². The van der Waals surface area contributed by atoms with Crippen LogP contribution in [0.3, 0.4) is 0 Å². The molecule has 1 unspecified atom stereocenters. The fraction of sp³-hybridized carbons (Fsp3) is 0.364. The standard InChI is InChI=1S/C11H14FNO2S/c1-11(13,10(14)15-2)7-16-9-6-4-3-5-8(9)12/h3-6H,7,13H2,1-2H3. The lowest BCUT2D eigenvalue weighted by Gasteiger charge is -2.20. The number of nitrogens with two attached hydrogens (primary N) is 1. The maximum atomic E-state index is 13.3. The first-order valence-corrected chi connectivity index (χ1v) is 5.70. The average Bonchev–Trinajstić information content (AvgIpc) is 2.27. The van der Waals surface area contributed by atoms with E-state index in [4.69, 9.17) is 5.73 Å². The van der Waals surface area contributed by atoms with E-state index in [1.54, 1.807) is 25.1 Å². The van der Waals surface area contributed by atoms with Crippen molar-refractivity contribution in [3.63, 3.8) is 0 Å². The molecule has 0 heterocycles. The van der Waals surface area contributed by atoms with Gasteiger partial charge in [-0.2, -0.15) is 0 Å². The summed E-state index contributed by atoms with van der Waals surface area (Å²) in [5, 5.41) is 0. The molecule has 0 spiro atoms. The minimum atomic E-state index is -1.11. The zero-order valence-corrected chi connectivity index (χ0v) is 10.0. The van der Waals surface area contributed by atoms with Gasteiger partial charge in [0.05, 0.1) is 7.11 Å². The third-order valence-electron chi connectivity index (χ3n) is 2.02. The molecule has 0 aliphatic rings. The van der Waals surface area contributed by atoms with Crippen molar-refractivity contribution in [1.82, 2.24) is 0 Å². The van der Waals surface area contributed by atoms with E-state index in [1.807, 2.05) is 0 Å². The molecule has 1 aromatic rings. The lowest BCUT2D eigenvalue weighted by Crippen LogP contribution is -2.48. The summed E-state index contributed by atoms with van der Waals surface area (Å²) in [5.41, 5.74) is 4.64. The number of rotatable bonds is 4. The Labute approximate surface area is 98.2 Å². The molecule has 2 N–H and O–H groups in total. The summed E-state index contributed by atoms with van der Waals surface area (Å²) in [6.45, 7) is 1.56. The van der Waals surface area contributed by atoms with Crippen LogP contribution in [0.25, 0.3) is 0 Å². The predicted molar refractivity (Wildman–Crippen MR) is 61.7 cm³/mol. The van der Waals surface area contributed by atoms with Crippen LogP contribution in [-0.4, -0.2) is 24.4 Å². The average molecular weight is 243 g/mol. The number of carbonyl (C=O) groups is 1. The Kier molecular flexibility index (Phi) is 4.32. The minimum absolute atomic E-state index is 0.264. The first kappa shape index (κ1) is 13.0. The van der Waals surface area contributed by atoms with Crippen LogP contribution in [0.5, 0.6) is 0 Å². The van der Waals surface area contributed by atoms with Crippen LogP contribution in [0, 0.1) is 5.82 Å². The number of hydrogen-bond donors (Lipinski definition) is 1. The van der Waals surface area contributed by atoms with Crippen molar-refractivity contribution < 1.29 is 13.9 Å². The van der Waals surface area contributed by atoms with Crippen molar-refractivity contribution in [2.75, 3.05) is 12.9 Å². The van der Waals surface area contributed by atoms with Crippen LogP contribution in [0.15, 0.2) is 29.2 Å². The molecule has 5 heteroatoms. The topological polar surface area (TPSA) is 52.3 Å². The van der Waals surface area contributed by atoms with Crippen LogP contribution in [-0.2, 0) is 9.53 Å². The highest BCUT2D eigenvalue weighted by Crippen LogP contribution is 2.24. The van der Waals surface area contributed by atoms with E-state index in [1.165, 1.54) is 24.9 Å². The first-order chi connectivity index (χ1) is 7.47. The van der Waals surface area contributed by atoms with Gasteiger partial charge in [-0.25, -0.2) is 4.39 Å². The molecule has 0 bridgehead atoms. The zero-order valence-electron chi connectivity index (χ0n) is 9.20. The van der Waals surface area contributed by atoms with Crippen LogP contribution in [0.1, 0.15) is 6.92 Å². The molecule has 1 atom stereocenters. The first-order valence-electron chi connectivity index (χ1n) is 4.72. The summed E-state index contributed by atoms with van der Waals surface area (Å²) < 4.78 is 17.8. The maximum absolute atomic E-state index is 13.3. The van der Waals surface area contributed by atoms with Crippen LogP contribution < -0.4 is 5.73 Å². The smallest absolute Gasteiger partial charge is 0.326 e. The van der Waals surface area contributed by atoms with E-state index in [2.05, 4.69) is 4.74 Å². The quantitative estimate of drug-likeness (QED) is 0.647. The van der Waals surface area contributed by atoms with Crippen molar-refractivity contribution in [3.8, 4) is 0 Å². The molecular formula is C11H14FNO2S. The van der Waals surface area contributed by atoms with E-state index >= 15 is 0 Å². The third-order valence-corrected chi connectivity index (χ3v) is 3.40. The van der Waals surface area contributed by atoms with Crippen molar-refractivity contribution >= 4 is 17.7 Å². The molecule has 0 aliphatic heterocycles. The number of thioether (sulfide) groups is 1. The second kappa shape index (κ2) is 5.32. The van der Waals surface area contributed by atoms with Gasteiger partial charge in [-0.05, 0) is 19.1 Å². The Hall–Kier alpha value is -1.07. The van der Waals surface area contributed by atoms with Gasteiger partial charge in [-0.15, -0.1) is 11.8 Å². The van der Waals surface area contributed by atoms with E-state index in [0.717, 1.165) is 0 Å². The number of carbonyl (C=O) groups excluding carboxylic acids is 1. The predicted octanol–water partition coefficient (Wildman–Crippen LogP) is 1.81. The second-order valence-corrected chi connectivity index (χ2v) is 4.65. The maximum Gasteiger partial charge on any atom is 0.326 e. The lowest BCUT2D eigenvalue weighted by atomic mass is 10.1. The Morgan fingerprint density at radius 2 is 2.19 bits per heavy atom. The Balaban J connectivity index is 2.65. The fourth-order valence-electron chi connectivity index (χ4n) is 1.08. The van der Waals surface area contributed by atoms with E-state index in [-0.39, 0.29) is 11.6 Å². The van der Waals surface area contributed by atoms with Gasteiger partial charge in [-0.3, -0.25) is 4.79 Å². The molecule has 0 radical (unpaired) electrons. The highest BCUT2D eigenvalue weighted by molar-refractivity contribution is 7.99. The van der Waals surface area contributed by atoms with Crippen LogP contribution in [0.4, 0.5) is 4.39 Å². The van der Waals surface area contributed by atoms with Gasteiger partial charge in [0.15, 0.2) is 0 Å². The molecule has 16 heavy (non-hydrogen) atoms. The van der Waals surface area contributed by atoms with Crippen molar-refractivity contribution in [2.24, 2.45) is 5.73 Å². The Morgan fingerprint density at radius 1 is 1.56 bits per heavy atom. The number of halogens is 1. The SMILES string of the molecule is COC(=O)C(C)(N)CSc1ccccc1F. The second-order valence-electron chi connectivity index (χ2n) is 3.63. The lowest BCUT2D eigenvalue weighted by molar-refractivity contribution is -0.145. The highest BCUT2D eigenvalue weighted by atomic mass is 32.2. The largest absolute Gasteiger partial charge is 0.468 e. The summed E-state index contributed by atoms with van der Waals surface area (Å²) >= 11 is 1.20. The monoisotopic (exact) mass is 243 g/mol. The van der Waals surface area contributed by atoms with E-state index in [9.17, 15) is 9.18 Å². The van der Waals surface area contributed by atoms with Gasteiger partial charge >= 0.3 is 5.97 Å². The number of hydrogen-bond acceptors (Lipinski definition) is 4. The Bertz CT molecular complexity index is 382. The van der Waals surface area contributed by atoms with Crippen molar-refractivity contribution in [2.45, 2.75) is 17.4 Å². The molecular weight excluding hydrogens is 229 g/mol. The van der Waals surface area contributed by atoms with E-state index in [0.29, 0.717) is 4.90 Å². The van der Waals surface area contributed by atoms with Gasteiger partial charge < -0.3 is 10.5 Å². The molecule has 0 saturated carbocycles. The summed E-state index contributed by atoms with van der Waals surface area (Å²) in [7, 11) is 1.28. The molecule has 0 saturated heterocycles. The van der Waals surface area contributed by atoms with Gasteiger partial charge in [0.2, 0.25) is 0 Å². The summed E-state index contributed by atoms with van der Waals surface area (Å²) in [4.78, 5) is 11.8. The summed E-state index contributed by atoms with van der Waals surface area (Å²) in [5.74, 6) is -0.551. The number of methoxy groups -OCH3 is 1. The Morgan fingerprint density at radius 3 is 2.75 bits per heavy atom. The summed E-state index contributed by atoms with van der Waals surface area (Å²) in [6.07, 6.45) is 0. The normalized spacial score (nSPS) is 14.2. The molecule has 1 aromatic carbocycles. The highest BCUT2D eigenvalue weighted by Gasteiger charge is 2.29. The molecule has 88 valence electrons. The molecule has 1 rings (SSSR count). The molecule has 3 nitrogen and oxygen atoms in total. The van der Waals surface area contributed by atoms with Gasteiger partial charge in [0.25, 0.3) is 0 Å². The molecule has 0 aromatic heterocycles. The summed E-state index contributed by atoms with van der Waals surface area (Å²) in [6, 6.07) is 6.36. The number of ether oxygens (including phenoxy) is 1. The van der Waals surface area contributed by atoms with Gasteiger partial charge in [0.1, 0.15) is 11.4 Å². The molecule has 0 fully saturated rings. The fourth-order valence-corrected chi connectivity index (χ4v) is 2.04. The van der Waals surface area contributed by atoms with Crippen molar-refractivity contribution in [1.29, 1.82) is 0 Å². The van der Waals surface area contributed by atoms with Gasteiger partial charge in [0, 0.05) is 10.6 Å². The number of benzene rings is 1. The zero-order chi connectivity index (χ0) is 12.2. The van der Waals surface area contributed by atoms with Crippen molar-refractivity contribution in [3.05, 3.63) is 30.1 Å². The molecule has 0 aliphatic carbocycles.